The van der Waals surface area contributed by atoms with Crippen LogP contribution in [0.1, 0.15) is 25.3 Å². The molecule has 10 nitrogen and oxygen atoms in total. The van der Waals surface area contributed by atoms with Crippen LogP contribution in [-0.2, 0) is 11.0 Å². The van der Waals surface area contributed by atoms with Gasteiger partial charge in [0.05, 0.1) is 24.3 Å². The molecule has 41 heavy (non-hydrogen) atoms. The number of anilines is 1. The Morgan fingerprint density at radius 2 is 1.80 bits per heavy atom. The van der Waals surface area contributed by atoms with Crippen molar-refractivity contribution in [3.05, 3.63) is 82.3 Å². The number of amides is 1. The van der Waals surface area contributed by atoms with E-state index in [0.29, 0.717) is 16.7 Å². The molecule has 0 spiro atoms. The van der Waals surface area contributed by atoms with Crippen molar-refractivity contribution in [2.24, 2.45) is 0 Å². The second kappa shape index (κ2) is 11.0. The van der Waals surface area contributed by atoms with E-state index in [9.17, 15) is 22.8 Å². The van der Waals surface area contributed by atoms with Gasteiger partial charge in [-0.15, -0.1) is 10.2 Å². The Hall–Kier alpha value is -4.78. The minimum Gasteiger partial charge on any atom is -0.495 e. The third kappa shape index (κ3) is 5.61. The number of ether oxygens (including phenoxy) is 1. The van der Waals surface area contributed by atoms with Crippen molar-refractivity contribution in [1.82, 2.24) is 24.7 Å². The molecule has 0 saturated heterocycles. The number of halogens is 4. The molecule has 1 atom stereocenters. The fraction of sp³-hybridized carbons (Fsp3) is 0.185. The third-order valence-electron chi connectivity index (χ3n) is 6.20. The summed E-state index contributed by atoms with van der Waals surface area (Å²) in [7, 11) is 1.35. The van der Waals surface area contributed by atoms with Gasteiger partial charge in [-0.1, -0.05) is 18.5 Å². The number of carbonyl (C=O) groups is 1. The highest BCUT2D eigenvalue weighted by Crippen LogP contribution is 2.39. The molecule has 1 unspecified atom stereocenters. The summed E-state index contributed by atoms with van der Waals surface area (Å²) in [4.78, 5) is 35.1. The predicted octanol–water partition coefficient (Wildman–Crippen LogP) is 5.78. The quantitative estimate of drug-likeness (QED) is 0.255. The number of nitrogens with zero attached hydrogens (tertiary/aromatic N) is 5. The lowest BCUT2D eigenvalue weighted by Crippen LogP contribution is -2.32. The zero-order valence-corrected chi connectivity index (χ0v) is 22.2. The Bertz CT molecular complexity index is 1820. The van der Waals surface area contributed by atoms with Crippen molar-refractivity contribution in [3.8, 4) is 28.3 Å². The molecule has 3 aromatic heterocycles. The normalized spacial score (nSPS) is 12.3. The zero-order chi connectivity index (χ0) is 29.3. The summed E-state index contributed by atoms with van der Waals surface area (Å²) >= 11 is 6.19. The fourth-order valence-corrected chi connectivity index (χ4v) is 4.46. The highest BCUT2D eigenvalue weighted by Gasteiger charge is 2.38. The van der Waals surface area contributed by atoms with Gasteiger partial charge in [0.1, 0.15) is 11.8 Å². The van der Waals surface area contributed by atoms with Crippen LogP contribution >= 0.6 is 11.6 Å². The van der Waals surface area contributed by atoms with Crippen LogP contribution in [0.4, 0.5) is 18.9 Å². The molecular formula is C27H20ClF3N6O4. The largest absolute Gasteiger partial charge is 0.495 e. The number of hydrogen-bond acceptors (Lipinski definition) is 8. The molecule has 0 bridgehead atoms. The smallest absolute Gasteiger partial charge is 0.470 e. The van der Waals surface area contributed by atoms with Crippen LogP contribution in [0, 0.1) is 0 Å². The third-order valence-corrected chi connectivity index (χ3v) is 6.43. The van der Waals surface area contributed by atoms with E-state index in [2.05, 4.69) is 25.5 Å². The molecule has 1 N–H and O–H groups in total. The SMILES string of the molecule is CCC(C(=O)Nc1ccc2nccnc2c1)n1cc(OC)c(-c2cc(Cl)ccc2-c2nnc(C(F)(F)F)o2)cc1=O. The van der Waals surface area contributed by atoms with E-state index in [1.165, 1.54) is 48.3 Å². The minimum absolute atomic E-state index is 0.0945. The lowest BCUT2D eigenvalue weighted by molar-refractivity contribution is -0.157. The van der Waals surface area contributed by atoms with Crippen LogP contribution in [0.5, 0.6) is 5.75 Å². The topological polar surface area (TPSA) is 125 Å². The molecule has 0 saturated carbocycles. The first kappa shape index (κ1) is 27.8. The average Bonchev–Trinajstić information content (AvgIpc) is 3.45. The van der Waals surface area contributed by atoms with E-state index in [1.54, 1.807) is 31.3 Å². The number of methoxy groups -OCH3 is 1. The fourth-order valence-electron chi connectivity index (χ4n) is 4.29. The predicted molar refractivity (Wildman–Crippen MR) is 143 cm³/mol. The first-order chi connectivity index (χ1) is 19.6. The summed E-state index contributed by atoms with van der Waals surface area (Å²) < 4.78 is 50.9. The number of alkyl halides is 3. The monoisotopic (exact) mass is 584 g/mol. The van der Waals surface area contributed by atoms with Crippen LogP contribution in [-0.4, -0.2) is 37.7 Å². The van der Waals surface area contributed by atoms with Gasteiger partial charge in [0.15, 0.2) is 0 Å². The number of fused-ring (bicyclic) bond motifs is 1. The first-order valence-electron chi connectivity index (χ1n) is 12.1. The number of benzene rings is 2. The van der Waals surface area contributed by atoms with E-state index in [4.69, 9.17) is 20.8 Å². The maximum absolute atomic E-state index is 13.4. The zero-order valence-electron chi connectivity index (χ0n) is 21.4. The number of pyridine rings is 1. The Morgan fingerprint density at radius 1 is 1.05 bits per heavy atom. The standard InChI is InChI=1S/C27H20ClF3N6O4/c1-3-21(24(39)34-15-5-7-19-20(11-15)33-9-8-32-19)37-13-22(40-2)18(12-23(37)38)17-10-14(28)4-6-16(17)25-35-36-26(41-25)27(29,30)31/h4-13,21H,3H2,1-2H3,(H,34,39). The summed E-state index contributed by atoms with van der Waals surface area (Å²) in [6.45, 7) is 1.74. The Labute approximate surface area is 234 Å². The van der Waals surface area contributed by atoms with Gasteiger partial charge in [-0.25, -0.2) is 0 Å². The van der Waals surface area contributed by atoms with Crippen molar-refractivity contribution >= 4 is 34.2 Å². The molecule has 0 aliphatic carbocycles. The van der Waals surface area contributed by atoms with Gasteiger partial charge >= 0.3 is 12.1 Å². The van der Waals surface area contributed by atoms with E-state index < -0.39 is 35.5 Å². The van der Waals surface area contributed by atoms with E-state index in [1.807, 2.05) is 0 Å². The van der Waals surface area contributed by atoms with Crippen molar-refractivity contribution in [3.63, 3.8) is 0 Å². The molecule has 210 valence electrons. The molecule has 0 radical (unpaired) electrons. The molecular weight excluding hydrogens is 565 g/mol. The highest BCUT2D eigenvalue weighted by atomic mass is 35.5. The van der Waals surface area contributed by atoms with Gasteiger partial charge in [-0.05, 0) is 48.4 Å². The van der Waals surface area contributed by atoms with Crippen LogP contribution in [0.25, 0.3) is 33.6 Å². The van der Waals surface area contributed by atoms with Crippen molar-refractivity contribution < 1.29 is 27.1 Å². The van der Waals surface area contributed by atoms with Gasteiger partial charge in [0.2, 0.25) is 11.8 Å². The molecule has 0 aliphatic rings. The number of aromatic nitrogens is 5. The number of nitrogens with one attached hydrogen (secondary N) is 1. The summed E-state index contributed by atoms with van der Waals surface area (Å²) in [6.07, 6.45) is -0.129. The number of carbonyl (C=O) groups excluding carboxylic acids is 1. The second-order valence-corrected chi connectivity index (χ2v) is 9.21. The summed E-state index contributed by atoms with van der Waals surface area (Å²) in [5.74, 6) is -2.26. The molecule has 1 amide bonds. The molecule has 0 aliphatic heterocycles. The van der Waals surface area contributed by atoms with Gasteiger partial charge in [0.25, 0.3) is 5.56 Å². The van der Waals surface area contributed by atoms with Crippen LogP contribution in [0.2, 0.25) is 5.02 Å². The highest BCUT2D eigenvalue weighted by molar-refractivity contribution is 6.31. The van der Waals surface area contributed by atoms with E-state index in [0.717, 1.165) is 0 Å². The van der Waals surface area contributed by atoms with E-state index >= 15 is 0 Å². The lowest BCUT2D eigenvalue weighted by Gasteiger charge is -2.20. The molecule has 3 heterocycles. The number of hydrogen-bond donors (Lipinski definition) is 1. The first-order valence-corrected chi connectivity index (χ1v) is 12.5. The van der Waals surface area contributed by atoms with Gasteiger partial charge < -0.3 is 14.5 Å². The molecule has 0 fully saturated rings. The maximum atomic E-state index is 13.4. The molecule has 5 aromatic rings. The number of rotatable bonds is 7. The van der Waals surface area contributed by atoms with Crippen molar-refractivity contribution in [2.75, 3.05) is 12.4 Å². The molecule has 14 heteroatoms. The summed E-state index contributed by atoms with van der Waals surface area (Å²) in [6, 6.07) is 9.60. The van der Waals surface area contributed by atoms with Crippen LogP contribution in [0.3, 0.4) is 0 Å². The Balaban J connectivity index is 1.52. The summed E-state index contributed by atoms with van der Waals surface area (Å²) in [5.41, 5.74) is 1.65. The van der Waals surface area contributed by atoms with Gasteiger partial charge in [0, 0.05) is 40.3 Å². The van der Waals surface area contributed by atoms with Crippen molar-refractivity contribution in [2.45, 2.75) is 25.6 Å². The Kier molecular flexibility index (Phi) is 7.45. The van der Waals surface area contributed by atoms with Crippen LogP contribution < -0.4 is 15.6 Å². The lowest BCUT2D eigenvalue weighted by atomic mass is 9.99. The van der Waals surface area contributed by atoms with Gasteiger partial charge in [-0.2, -0.15) is 13.2 Å². The molecule has 2 aromatic carbocycles. The second-order valence-electron chi connectivity index (χ2n) is 8.77. The molecule has 5 rings (SSSR count). The minimum atomic E-state index is -4.84. The van der Waals surface area contributed by atoms with Crippen LogP contribution in [0.15, 0.2) is 70.3 Å². The average molecular weight is 585 g/mol. The van der Waals surface area contributed by atoms with E-state index in [-0.39, 0.29) is 33.9 Å². The Morgan fingerprint density at radius 3 is 2.49 bits per heavy atom. The maximum Gasteiger partial charge on any atom is 0.470 e. The van der Waals surface area contributed by atoms with Crippen molar-refractivity contribution in [1.29, 1.82) is 0 Å². The summed E-state index contributed by atoms with van der Waals surface area (Å²) in [5, 5.41) is 9.63. The van der Waals surface area contributed by atoms with Gasteiger partial charge in [-0.3, -0.25) is 24.1 Å².